The third-order valence-corrected chi connectivity index (χ3v) is 4.47. The van der Waals surface area contributed by atoms with Gasteiger partial charge < -0.3 is 4.57 Å². The number of benzene rings is 2. The minimum atomic E-state index is 0.0392. The van der Waals surface area contributed by atoms with Gasteiger partial charge in [-0.15, -0.1) is 11.8 Å². The van der Waals surface area contributed by atoms with Crippen LogP contribution < -0.4 is 5.56 Å². The van der Waals surface area contributed by atoms with Crippen molar-refractivity contribution in [3.8, 4) is 0 Å². The highest BCUT2D eigenvalue weighted by Gasteiger charge is 2.01. The minimum absolute atomic E-state index is 0.0392. The van der Waals surface area contributed by atoms with Crippen molar-refractivity contribution in [2.24, 2.45) is 0 Å². The first-order valence-corrected chi connectivity index (χ1v) is 8.21. The lowest BCUT2D eigenvalue weighted by Gasteiger charge is -2.08. The highest BCUT2D eigenvalue weighted by atomic mass is 32.2. The Labute approximate surface area is 134 Å². The minimum Gasteiger partial charge on any atom is -0.311 e. The van der Waals surface area contributed by atoms with Crippen LogP contribution in [0.4, 0.5) is 0 Å². The van der Waals surface area contributed by atoms with E-state index in [1.807, 2.05) is 60.8 Å². The Hall–Kier alpha value is -2.26. The molecule has 3 rings (SSSR count). The Bertz CT molecular complexity index is 781. The molecule has 1 aromatic heterocycles. The van der Waals surface area contributed by atoms with E-state index in [9.17, 15) is 4.79 Å². The van der Waals surface area contributed by atoms with E-state index in [1.165, 1.54) is 4.90 Å². The average molecular weight is 307 g/mol. The maximum atomic E-state index is 12.0. The monoisotopic (exact) mass is 307 g/mol. The van der Waals surface area contributed by atoms with Crippen LogP contribution in [0.5, 0.6) is 0 Å². The summed E-state index contributed by atoms with van der Waals surface area (Å²) >= 11 is 1.78. The van der Waals surface area contributed by atoms with Gasteiger partial charge >= 0.3 is 0 Å². The van der Waals surface area contributed by atoms with Gasteiger partial charge in [-0.3, -0.25) is 4.79 Å². The molecule has 0 fully saturated rings. The molecule has 0 unspecified atom stereocenters. The van der Waals surface area contributed by atoms with Crippen molar-refractivity contribution in [2.75, 3.05) is 0 Å². The Balaban J connectivity index is 1.74. The van der Waals surface area contributed by atoms with Gasteiger partial charge in [-0.25, -0.2) is 0 Å². The lowest BCUT2D eigenvalue weighted by atomic mass is 10.2. The second-order valence-electron chi connectivity index (χ2n) is 5.09. The standard InChI is InChI=1S/C19H17NOS/c21-19-12-11-17(15-22-18-9-5-2-6-10-18)14-20(19)13-16-7-3-1-4-8-16/h1-12,14H,13,15H2. The molecule has 0 aliphatic heterocycles. The molecule has 3 aromatic rings. The average Bonchev–Trinajstić information content (AvgIpc) is 2.57. The molecule has 0 aliphatic rings. The maximum absolute atomic E-state index is 12.0. The van der Waals surface area contributed by atoms with E-state index in [0.717, 1.165) is 16.9 Å². The van der Waals surface area contributed by atoms with Crippen molar-refractivity contribution in [1.29, 1.82) is 0 Å². The quantitative estimate of drug-likeness (QED) is 0.659. The van der Waals surface area contributed by atoms with Gasteiger partial charge in [0.1, 0.15) is 0 Å². The molecule has 0 atom stereocenters. The van der Waals surface area contributed by atoms with Gasteiger partial charge in [0, 0.05) is 22.9 Å². The molecular weight excluding hydrogens is 290 g/mol. The summed E-state index contributed by atoms with van der Waals surface area (Å²) < 4.78 is 1.77. The van der Waals surface area contributed by atoms with Gasteiger partial charge in [-0.1, -0.05) is 54.6 Å². The zero-order valence-corrected chi connectivity index (χ0v) is 13.0. The van der Waals surface area contributed by atoms with E-state index < -0.39 is 0 Å². The lowest BCUT2D eigenvalue weighted by Crippen LogP contribution is -2.19. The van der Waals surface area contributed by atoms with E-state index in [1.54, 1.807) is 22.4 Å². The molecule has 0 amide bonds. The zero-order valence-electron chi connectivity index (χ0n) is 12.2. The fourth-order valence-electron chi connectivity index (χ4n) is 2.25. The summed E-state index contributed by atoms with van der Waals surface area (Å²) in [6.07, 6.45) is 1.96. The highest BCUT2D eigenvalue weighted by Crippen LogP contribution is 2.21. The largest absolute Gasteiger partial charge is 0.311 e. The number of pyridine rings is 1. The number of nitrogens with zero attached hydrogens (tertiary/aromatic N) is 1. The highest BCUT2D eigenvalue weighted by molar-refractivity contribution is 7.98. The van der Waals surface area contributed by atoms with Crippen molar-refractivity contribution in [2.45, 2.75) is 17.2 Å². The molecule has 0 bridgehead atoms. The number of aromatic nitrogens is 1. The van der Waals surface area contributed by atoms with E-state index >= 15 is 0 Å². The first-order chi connectivity index (χ1) is 10.8. The fourth-order valence-corrected chi connectivity index (χ4v) is 3.11. The van der Waals surface area contributed by atoms with Crippen LogP contribution in [0.25, 0.3) is 0 Å². The van der Waals surface area contributed by atoms with Crippen molar-refractivity contribution in [3.05, 3.63) is 100 Å². The molecule has 0 radical (unpaired) electrons. The number of rotatable bonds is 5. The Morgan fingerprint density at radius 3 is 2.18 bits per heavy atom. The van der Waals surface area contributed by atoms with Crippen LogP contribution in [-0.2, 0) is 12.3 Å². The summed E-state index contributed by atoms with van der Waals surface area (Å²) in [5, 5.41) is 0. The predicted molar refractivity (Wildman–Crippen MR) is 92.2 cm³/mol. The van der Waals surface area contributed by atoms with Crippen LogP contribution in [0.2, 0.25) is 0 Å². The molecule has 0 aliphatic carbocycles. The zero-order chi connectivity index (χ0) is 15.2. The summed E-state index contributed by atoms with van der Waals surface area (Å²) in [4.78, 5) is 13.2. The van der Waals surface area contributed by atoms with E-state index in [2.05, 4.69) is 12.1 Å². The number of thioether (sulfide) groups is 1. The Kier molecular flexibility index (Phi) is 4.76. The molecule has 0 saturated heterocycles. The van der Waals surface area contributed by atoms with E-state index in [4.69, 9.17) is 0 Å². The van der Waals surface area contributed by atoms with Crippen LogP contribution in [0.3, 0.4) is 0 Å². The Morgan fingerprint density at radius 1 is 0.773 bits per heavy atom. The number of hydrogen-bond donors (Lipinski definition) is 0. The maximum Gasteiger partial charge on any atom is 0.250 e. The topological polar surface area (TPSA) is 22.0 Å². The first kappa shape index (κ1) is 14.7. The molecule has 2 nitrogen and oxygen atoms in total. The fraction of sp³-hybridized carbons (Fsp3) is 0.105. The second kappa shape index (κ2) is 7.14. The molecular formula is C19H17NOS. The van der Waals surface area contributed by atoms with Gasteiger partial charge in [0.05, 0.1) is 6.54 Å². The normalized spacial score (nSPS) is 10.5. The van der Waals surface area contributed by atoms with E-state index in [-0.39, 0.29) is 5.56 Å². The van der Waals surface area contributed by atoms with Gasteiger partial charge in [0.25, 0.3) is 5.56 Å². The third-order valence-electron chi connectivity index (χ3n) is 3.39. The second-order valence-corrected chi connectivity index (χ2v) is 6.14. The van der Waals surface area contributed by atoms with Crippen LogP contribution in [0.15, 0.2) is 88.7 Å². The van der Waals surface area contributed by atoms with Gasteiger partial charge in [-0.05, 0) is 23.3 Å². The predicted octanol–water partition coefficient (Wildman–Crippen LogP) is 4.19. The summed E-state index contributed by atoms with van der Waals surface area (Å²) in [6, 6.07) is 23.9. The molecule has 22 heavy (non-hydrogen) atoms. The molecule has 1 heterocycles. The van der Waals surface area contributed by atoms with Gasteiger partial charge in [0.2, 0.25) is 0 Å². The molecule has 110 valence electrons. The lowest BCUT2D eigenvalue weighted by molar-refractivity contribution is 0.754. The summed E-state index contributed by atoms with van der Waals surface area (Å²) in [7, 11) is 0. The van der Waals surface area contributed by atoms with Crippen molar-refractivity contribution in [1.82, 2.24) is 4.57 Å². The van der Waals surface area contributed by atoms with Crippen LogP contribution in [-0.4, -0.2) is 4.57 Å². The number of hydrogen-bond acceptors (Lipinski definition) is 2. The van der Waals surface area contributed by atoms with Crippen LogP contribution in [0.1, 0.15) is 11.1 Å². The van der Waals surface area contributed by atoms with Gasteiger partial charge in [0.15, 0.2) is 0 Å². The molecule has 0 spiro atoms. The Morgan fingerprint density at radius 2 is 1.45 bits per heavy atom. The van der Waals surface area contributed by atoms with Crippen LogP contribution in [0, 0.1) is 0 Å². The van der Waals surface area contributed by atoms with Crippen molar-refractivity contribution in [3.63, 3.8) is 0 Å². The third kappa shape index (κ3) is 3.89. The molecule has 2 aromatic carbocycles. The van der Waals surface area contributed by atoms with E-state index in [0.29, 0.717) is 6.54 Å². The van der Waals surface area contributed by atoms with Crippen LogP contribution >= 0.6 is 11.8 Å². The molecule has 0 saturated carbocycles. The molecule has 0 N–H and O–H groups in total. The van der Waals surface area contributed by atoms with Crippen molar-refractivity contribution >= 4 is 11.8 Å². The SMILES string of the molecule is O=c1ccc(CSc2ccccc2)cn1Cc1ccccc1. The summed E-state index contributed by atoms with van der Waals surface area (Å²) in [5.74, 6) is 0.860. The summed E-state index contributed by atoms with van der Waals surface area (Å²) in [5.41, 5.74) is 2.33. The summed E-state index contributed by atoms with van der Waals surface area (Å²) in [6.45, 7) is 0.615. The van der Waals surface area contributed by atoms with Gasteiger partial charge in [-0.2, -0.15) is 0 Å². The van der Waals surface area contributed by atoms with Crippen molar-refractivity contribution < 1.29 is 0 Å². The molecule has 3 heteroatoms. The first-order valence-electron chi connectivity index (χ1n) is 7.22. The smallest absolute Gasteiger partial charge is 0.250 e.